The Balaban J connectivity index is 1.62. The lowest BCUT2D eigenvalue weighted by molar-refractivity contribution is 0.313. The Labute approximate surface area is 103 Å². The van der Waals surface area contributed by atoms with Gasteiger partial charge >= 0.3 is 4.87 Å². The second-order valence-corrected chi connectivity index (χ2v) is 4.35. The molecule has 4 nitrogen and oxygen atoms in total. The molecule has 0 saturated heterocycles. The summed E-state index contributed by atoms with van der Waals surface area (Å²) in [6.45, 7) is 2.02. The fourth-order valence-corrected chi connectivity index (χ4v) is 1.96. The zero-order valence-corrected chi connectivity index (χ0v) is 10.1. The van der Waals surface area contributed by atoms with E-state index < -0.39 is 0 Å². The van der Waals surface area contributed by atoms with Crippen LogP contribution < -0.4 is 14.9 Å². The lowest BCUT2D eigenvalue weighted by Gasteiger charge is -2.06. The van der Waals surface area contributed by atoms with E-state index in [9.17, 15) is 4.79 Å². The molecule has 17 heavy (non-hydrogen) atoms. The van der Waals surface area contributed by atoms with Crippen LogP contribution in [0, 0.1) is 0 Å². The molecule has 90 valence electrons. The number of H-pyrrole nitrogens is 1. The molecule has 0 spiro atoms. The predicted octanol–water partition coefficient (Wildman–Crippen LogP) is 1.60. The number of thiazole rings is 1. The number of ether oxygens (including phenoxy) is 1. The minimum absolute atomic E-state index is 0.0117. The van der Waals surface area contributed by atoms with Crippen molar-refractivity contribution in [1.82, 2.24) is 10.3 Å². The van der Waals surface area contributed by atoms with Gasteiger partial charge in [0.05, 0.1) is 0 Å². The summed E-state index contributed by atoms with van der Waals surface area (Å²) in [6.07, 6.45) is 0. The molecule has 0 unspecified atom stereocenters. The van der Waals surface area contributed by atoms with Crippen LogP contribution in [0.5, 0.6) is 5.75 Å². The molecule has 1 heterocycles. The number of hydrogen-bond donors (Lipinski definition) is 2. The topological polar surface area (TPSA) is 54.1 Å². The lowest BCUT2D eigenvalue weighted by Crippen LogP contribution is -2.21. The van der Waals surface area contributed by atoms with Gasteiger partial charge in [-0.05, 0) is 12.1 Å². The number of hydrogen-bond acceptors (Lipinski definition) is 4. The highest BCUT2D eigenvalue weighted by Crippen LogP contribution is 2.07. The molecule has 0 saturated carbocycles. The molecule has 0 radical (unpaired) electrons. The van der Waals surface area contributed by atoms with Gasteiger partial charge in [0.2, 0.25) is 0 Å². The number of rotatable bonds is 6. The van der Waals surface area contributed by atoms with Crippen molar-refractivity contribution < 1.29 is 4.74 Å². The second kappa shape index (κ2) is 6.22. The van der Waals surface area contributed by atoms with Gasteiger partial charge in [-0.15, -0.1) is 0 Å². The van der Waals surface area contributed by atoms with Crippen molar-refractivity contribution >= 4 is 11.3 Å². The zero-order chi connectivity index (χ0) is 11.9. The summed E-state index contributed by atoms with van der Waals surface area (Å²) < 4.78 is 5.52. The second-order valence-electron chi connectivity index (χ2n) is 3.51. The van der Waals surface area contributed by atoms with E-state index in [1.165, 1.54) is 11.3 Å². The van der Waals surface area contributed by atoms with Gasteiger partial charge in [0, 0.05) is 24.2 Å². The smallest absolute Gasteiger partial charge is 0.304 e. The fourth-order valence-electron chi connectivity index (χ4n) is 1.38. The van der Waals surface area contributed by atoms with Crippen LogP contribution in [-0.2, 0) is 6.54 Å². The summed E-state index contributed by atoms with van der Waals surface area (Å²) in [6, 6.07) is 9.70. The minimum atomic E-state index is -0.0117. The molecule has 0 aliphatic rings. The van der Waals surface area contributed by atoms with Crippen LogP contribution in [0.2, 0.25) is 0 Å². The van der Waals surface area contributed by atoms with Gasteiger partial charge in [-0.25, -0.2) is 0 Å². The molecule has 0 atom stereocenters. The van der Waals surface area contributed by atoms with Crippen LogP contribution in [0.25, 0.3) is 0 Å². The first-order valence-electron chi connectivity index (χ1n) is 5.40. The SMILES string of the molecule is O=c1[nH]c(CNCCOc2ccccc2)cs1. The van der Waals surface area contributed by atoms with Crippen LogP contribution in [0.15, 0.2) is 40.5 Å². The van der Waals surface area contributed by atoms with Crippen molar-refractivity contribution in [3.05, 3.63) is 51.1 Å². The van der Waals surface area contributed by atoms with Crippen LogP contribution in [0.3, 0.4) is 0 Å². The maximum absolute atomic E-state index is 10.9. The first-order valence-corrected chi connectivity index (χ1v) is 6.28. The van der Waals surface area contributed by atoms with Crippen LogP contribution >= 0.6 is 11.3 Å². The van der Waals surface area contributed by atoms with Gasteiger partial charge in [0.15, 0.2) is 0 Å². The standard InChI is InChI=1S/C12H14N2O2S/c15-12-14-10(9-17-12)8-13-6-7-16-11-4-2-1-3-5-11/h1-5,9,13H,6-8H2,(H,14,15). The van der Waals surface area contributed by atoms with Crippen LogP contribution in [0.1, 0.15) is 5.69 Å². The molecule has 2 rings (SSSR count). The van der Waals surface area contributed by atoms with Crippen molar-refractivity contribution in [2.45, 2.75) is 6.54 Å². The van der Waals surface area contributed by atoms with Gasteiger partial charge in [0.1, 0.15) is 12.4 Å². The quantitative estimate of drug-likeness (QED) is 0.766. The van der Waals surface area contributed by atoms with Crippen LogP contribution in [0.4, 0.5) is 0 Å². The van der Waals surface area contributed by atoms with Gasteiger partial charge < -0.3 is 15.0 Å². The van der Waals surface area contributed by atoms with E-state index in [1.807, 2.05) is 35.7 Å². The average molecular weight is 250 g/mol. The molecule has 0 aliphatic carbocycles. The van der Waals surface area contributed by atoms with Crippen molar-refractivity contribution in [2.24, 2.45) is 0 Å². The van der Waals surface area contributed by atoms with Crippen molar-refractivity contribution in [3.63, 3.8) is 0 Å². The third-order valence-corrected chi connectivity index (χ3v) is 2.90. The molecule has 0 bridgehead atoms. The van der Waals surface area contributed by atoms with E-state index in [0.717, 1.165) is 18.0 Å². The minimum Gasteiger partial charge on any atom is -0.492 e. The molecule has 0 amide bonds. The number of nitrogens with one attached hydrogen (secondary N) is 2. The number of aromatic amines is 1. The molecule has 1 aromatic carbocycles. The lowest BCUT2D eigenvalue weighted by atomic mass is 10.3. The van der Waals surface area contributed by atoms with Gasteiger partial charge in [-0.3, -0.25) is 4.79 Å². The summed E-state index contributed by atoms with van der Waals surface area (Å²) in [5, 5.41) is 5.02. The van der Waals surface area contributed by atoms with Crippen molar-refractivity contribution in [1.29, 1.82) is 0 Å². The van der Waals surface area contributed by atoms with E-state index in [2.05, 4.69) is 10.3 Å². The van der Waals surface area contributed by atoms with Gasteiger partial charge in [-0.2, -0.15) is 0 Å². The van der Waals surface area contributed by atoms with Gasteiger partial charge in [0.25, 0.3) is 0 Å². The first-order chi connectivity index (χ1) is 8.34. The third-order valence-electron chi connectivity index (χ3n) is 2.18. The van der Waals surface area contributed by atoms with Crippen LogP contribution in [-0.4, -0.2) is 18.1 Å². The normalized spacial score (nSPS) is 10.4. The van der Waals surface area contributed by atoms with E-state index in [-0.39, 0.29) is 4.87 Å². The Kier molecular flexibility index (Phi) is 4.35. The molecule has 2 aromatic rings. The van der Waals surface area contributed by atoms with Crippen molar-refractivity contribution in [3.8, 4) is 5.75 Å². The summed E-state index contributed by atoms with van der Waals surface area (Å²) in [4.78, 5) is 13.6. The highest BCUT2D eigenvalue weighted by molar-refractivity contribution is 7.07. The Hall–Kier alpha value is -1.59. The van der Waals surface area contributed by atoms with Gasteiger partial charge in [-0.1, -0.05) is 29.5 Å². The number of aromatic nitrogens is 1. The summed E-state index contributed by atoms with van der Waals surface area (Å²) in [5.41, 5.74) is 0.916. The van der Waals surface area contributed by atoms with E-state index >= 15 is 0 Å². The molecule has 5 heteroatoms. The molecular weight excluding hydrogens is 236 g/mol. The Morgan fingerprint density at radius 3 is 2.82 bits per heavy atom. The number of benzene rings is 1. The maximum atomic E-state index is 10.9. The summed E-state index contributed by atoms with van der Waals surface area (Å²) in [5.74, 6) is 0.873. The molecule has 2 N–H and O–H groups in total. The number of para-hydroxylation sites is 1. The summed E-state index contributed by atoms with van der Waals surface area (Å²) in [7, 11) is 0. The Morgan fingerprint density at radius 1 is 1.29 bits per heavy atom. The average Bonchev–Trinajstić information content (AvgIpc) is 2.76. The largest absolute Gasteiger partial charge is 0.492 e. The summed E-state index contributed by atoms with van der Waals surface area (Å²) >= 11 is 1.18. The van der Waals surface area contributed by atoms with E-state index in [0.29, 0.717) is 13.2 Å². The molecule has 0 aliphatic heterocycles. The fraction of sp³-hybridized carbons (Fsp3) is 0.250. The highest BCUT2D eigenvalue weighted by atomic mass is 32.1. The third kappa shape index (κ3) is 4.05. The highest BCUT2D eigenvalue weighted by Gasteiger charge is 1.96. The maximum Gasteiger partial charge on any atom is 0.304 e. The zero-order valence-electron chi connectivity index (χ0n) is 9.31. The molecule has 0 fully saturated rings. The van der Waals surface area contributed by atoms with E-state index in [4.69, 9.17) is 4.74 Å². The molecule has 1 aromatic heterocycles. The Bertz CT molecular complexity index is 492. The van der Waals surface area contributed by atoms with Crippen molar-refractivity contribution in [2.75, 3.05) is 13.2 Å². The first kappa shape index (κ1) is 11.9. The Morgan fingerprint density at radius 2 is 2.12 bits per heavy atom. The molecular formula is C12H14N2O2S. The van der Waals surface area contributed by atoms with E-state index in [1.54, 1.807) is 0 Å². The monoisotopic (exact) mass is 250 g/mol. The predicted molar refractivity (Wildman–Crippen MR) is 68.6 cm³/mol.